The highest BCUT2D eigenvalue weighted by molar-refractivity contribution is 7.92. The summed E-state index contributed by atoms with van der Waals surface area (Å²) in [4.78, 5) is 26.3. The molecule has 0 aliphatic carbocycles. The molecule has 0 bridgehead atoms. The maximum atomic E-state index is 12.8. The van der Waals surface area contributed by atoms with Gasteiger partial charge in [-0.25, -0.2) is 8.42 Å². The molecule has 0 fully saturated rings. The molecule has 0 spiro atoms. The van der Waals surface area contributed by atoms with Gasteiger partial charge in [0.2, 0.25) is 15.9 Å². The Hall–Kier alpha value is -2.87. The van der Waals surface area contributed by atoms with Crippen LogP contribution in [0.5, 0.6) is 0 Å². The Morgan fingerprint density at radius 1 is 1.03 bits per heavy atom. The van der Waals surface area contributed by atoms with Gasteiger partial charge in [-0.2, -0.15) is 0 Å². The van der Waals surface area contributed by atoms with Gasteiger partial charge in [0.25, 0.3) is 5.91 Å². The normalized spacial score (nSPS) is 12.2. The maximum Gasteiger partial charge on any atom is 0.253 e. The highest BCUT2D eigenvalue weighted by atomic mass is 32.2. The Morgan fingerprint density at radius 2 is 1.65 bits per heavy atom. The molecular weight excluding hydrogens is 414 g/mol. The van der Waals surface area contributed by atoms with E-state index in [-0.39, 0.29) is 18.5 Å². The first kappa shape index (κ1) is 24.4. The zero-order valence-electron chi connectivity index (χ0n) is 19.0. The zero-order chi connectivity index (χ0) is 23.3. The van der Waals surface area contributed by atoms with E-state index in [0.717, 1.165) is 27.3 Å². The predicted molar refractivity (Wildman–Crippen MR) is 124 cm³/mol. The van der Waals surface area contributed by atoms with Crippen LogP contribution >= 0.6 is 0 Å². The summed E-state index contributed by atoms with van der Waals surface area (Å²) in [5.74, 6) is -0.583. The van der Waals surface area contributed by atoms with Crippen molar-refractivity contribution in [2.24, 2.45) is 0 Å². The minimum Gasteiger partial charge on any atom is -0.348 e. The van der Waals surface area contributed by atoms with E-state index < -0.39 is 15.9 Å². The molecule has 1 atom stereocenters. The van der Waals surface area contributed by atoms with Crippen molar-refractivity contribution in [1.29, 1.82) is 0 Å². The quantitative estimate of drug-likeness (QED) is 0.677. The Labute approximate surface area is 185 Å². The number of benzene rings is 2. The summed E-state index contributed by atoms with van der Waals surface area (Å²) >= 11 is 0. The van der Waals surface area contributed by atoms with Gasteiger partial charge in [0, 0.05) is 19.7 Å². The fourth-order valence-electron chi connectivity index (χ4n) is 3.42. The monoisotopic (exact) mass is 445 g/mol. The lowest BCUT2D eigenvalue weighted by atomic mass is 9.97. The number of aryl methyl sites for hydroxylation is 2. The van der Waals surface area contributed by atoms with Gasteiger partial charge in [-0.15, -0.1) is 0 Å². The second-order valence-corrected chi connectivity index (χ2v) is 9.81. The summed E-state index contributed by atoms with van der Waals surface area (Å²) < 4.78 is 25.8. The van der Waals surface area contributed by atoms with Crippen molar-refractivity contribution in [2.45, 2.75) is 33.2 Å². The summed E-state index contributed by atoms with van der Waals surface area (Å²) in [6.45, 7) is 5.63. The number of rotatable bonds is 8. The van der Waals surface area contributed by atoms with Crippen molar-refractivity contribution in [3.05, 3.63) is 64.7 Å². The van der Waals surface area contributed by atoms with Gasteiger partial charge in [0.05, 0.1) is 18.0 Å². The van der Waals surface area contributed by atoms with E-state index >= 15 is 0 Å². The van der Waals surface area contributed by atoms with Crippen LogP contribution in [-0.4, -0.2) is 52.0 Å². The molecule has 0 aromatic heterocycles. The second kappa shape index (κ2) is 9.96. The SMILES string of the molecule is CCC(NC(=O)CN(c1ccc(C(=O)N(C)C)cc1)S(C)(=O)=O)c1ccc(C)cc1C. The molecule has 168 valence electrons. The molecule has 2 aromatic carbocycles. The van der Waals surface area contributed by atoms with E-state index in [1.54, 1.807) is 26.2 Å². The van der Waals surface area contributed by atoms with Crippen molar-refractivity contribution >= 4 is 27.5 Å². The van der Waals surface area contributed by atoms with Crippen LogP contribution in [0.25, 0.3) is 0 Å². The second-order valence-electron chi connectivity index (χ2n) is 7.90. The van der Waals surface area contributed by atoms with E-state index in [2.05, 4.69) is 11.4 Å². The van der Waals surface area contributed by atoms with Gasteiger partial charge in [-0.1, -0.05) is 30.7 Å². The molecule has 0 radical (unpaired) electrons. The largest absolute Gasteiger partial charge is 0.348 e. The van der Waals surface area contributed by atoms with Gasteiger partial charge in [0.15, 0.2) is 0 Å². The van der Waals surface area contributed by atoms with Crippen molar-refractivity contribution in [3.63, 3.8) is 0 Å². The molecule has 8 heteroatoms. The van der Waals surface area contributed by atoms with E-state index in [9.17, 15) is 18.0 Å². The molecule has 0 saturated heterocycles. The third kappa shape index (κ3) is 6.30. The first-order valence-electron chi connectivity index (χ1n) is 10.1. The van der Waals surface area contributed by atoms with E-state index in [0.29, 0.717) is 17.7 Å². The summed E-state index contributed by atoms with van der Waals surface area (Å²) in [5, 5.41) is 2.95. The first-order valence-corrected chi connectivity index (χ1v) is 11.9. The number of amides is 2. The van der Waals surface area contributed by atoms with Gasteiger partial charge in [-0.3, -0.25) is 13.9 Å². The Balaban J connectivity index is 2.22. The van der Waals surface area contributed by atoms with E-state index in [1.165, 1.54) is 17.0 Å². The van der Waals surface area contributed by atoms with Gasteiger partial charge >= 0.3 is 0 Å². The number of nitrogens with zero attached hydrogens (tertiary/aromatic N) is 2. The van der Waals surface area contributed by atoms with Crippen LogP contribution in [0.3, 0.4) is 0 Å². The fourth-order valence-corrected chi connectivity index (χ4v) is 4.27. The third-order valence-corrected chi connectivity index (χ3v) is 6.18. The lowest BCUT2D eigenvalue weighted by molar-refractivity contribution is -0.120. The number of anilines is 1. The van der Waals surface area contributed by atoms with Crippen LogP contribution in [0.4, 0.5) is 5.69 Å². The average molecular weight is 446 g/mol. The number of nitrogens with one attached hydrogen (secondary N) is 1. The predicted octanol–water partition coefficient (Wildman–Crippen LogP) is 3.04. The summed E-state index contributed by atoms with van der Waals surface area (Å²) in [7, 11) is -0.422. The van der Waals surface area contributed by atoms with Crippen molar-refractivity contribution in [3.8, 4) is 0 Å². The standard InChI is InChI=1S/C23H31N3O4S/c1-7-21(20-13-8-16(2)14-17(20)3)24-22(27)15-26(31(6,29)30)19-11-9-18(10-12-19)23(28)25(4)5/h8-14,21H,7,15H2,1-6H3,(H,24,27). The Morgan fingerprint density at radius 3 is 2.13 bits per heavy atom. The summed E-state index contributed by atoms with van der Waals surface area (Å²) in [5.41, 5.74) is 3.99. The van der Waals surface area contributed by atoms with Crippen molar-refractivity contribution < 1.29 is 18.0 Å². The van der Waals surface area contributed by atoms with Crippen LogP contribution in [0.1, 0.15) is 46.4 Å². The highest BCUT2D eigenvalue weighted by Crippen LogP contribution is 2.23. The lowest BCUT2D eigenvalue weighted by Gasteiger charge is -2.25. The number of hydrogen-bond donors (Lipinski definition) is 1. The molecule has 2 amide bonds. The molecule has 0 heterocycles. The molecule has 0 aliphatic rings. The third-order valence-electron chi connectivity index (χ3n) is 5.04. The maximum absolute atomic E-state index is 12.8. The molecule has 7 nitrogen and oxygen atoms in total. The van der Waals surface area contributed by atoms with Crippen molar-refractivity contribution in [1.82, 2.24) is 10.2 Å². The van der Waals surface area contributed by atoms with E-state index in [1.807, 2.05) is 32.9 Å². The number of carbonyl (C=O) groups excluding carboxylic acids is 2. The van der Waals surface area contributed by atoms with Crippen LogP contribution in [-0.2, 0) is 14.8 Å². The summed E-state index contributed by atoms with van der Waals surface area (Å²) in [6.07, 6.45) is 1.73. The number of hydrogen-bond acceptors (Lipinski definition) is 4. The van der Waals surface area contributed by atoms with Crippen LogP contribution in [0.2, 0.25) is 0 Å². The first-order chi connectivity index (χ1) is 14.4. The number of sulfonamides is 1. The molecule has 2 aromatic rings. The van der Waals surface area contributed by atoms with Gasteiger partial charge in [0.1, 0.15) is 6.54 Å². The highest BCUT2D eigenvalue weighted by Gasteiger charge is 2.23. The molecule has 2 rings (SSSR count). The Kier molecular flexibility index (Phi) is 7.84. The Bertz CT molecular complexity index is 1050. The van der Waals surface area contributed by atoms with Gasteiger partial charge in [-0.05, 0) is 55.7 Å². The minimum atomic E-state index is -3.71. The van der Waals surface area contributed by atoms with Crippen molar-refractivity contribution in [2.75, 3.05) is 31.2 Å². The van der Waals surface area contributed by atoms with Crippen LogP contribution in [0, 0.1) is 13.8 Å². The molecular formula is C23H31N3O4S. The summed E-state index contributed by atoms with van der Waals surface area (Å²) in [6, 6.07) is 12.0. The molecule has 0 aliphatic heterocycles. The molecule has 1 unspecified atom stereocenters. The smallest absolute Gasteiger partial charge is 0.253 e. The topological polar surface area (TPSA) is 86.8 Å². The zero-order valence-corrected chi connectivity index (χ0v) is 19.8. The van der Waals surface area contributed by atoms with Gasteiger partial charge < -0.3 is 10.2 Å². The fraction of sp³-hybridized carbons (Fsp3) is 0.391. The van der Waals surface area contributed by atoms with Crippen LogP contribution in [0.15, 0.2) is 42.5 Å². The molecule has 31 heavy (non-hydrogen) atoms. The van der Waals surface area contributed by atoms with Crippen LogP contribution < -0.4 is 9.62 Å². The lowest BCUT2D eigenvalue weighted by Crippen LogP contribution is -2.41. The van der Waals surface area contributed by atoms with E-state index in [4.69, 9.17) is 0 Å². The number of carbonyl (C=O) groups is 2. The molecule has 1 N–H and O–H groups in total. The molecule has 0 saturated carbocycles. The average Bonchev–Trinajstić information content (AvgIpc) is 2.69. The minimum absolute atomic E-state index is 0.186.